The zero-order chi connectivity index (χ0) is 33.1. The molecular weight excluding hydrogens is 572 g/mol. The van der Waals surface area contributed by atoms with Crippen LogP contribution in [0.5, 0.6) is 0 Å². The maximum Gasteiger partial charge on any atom is 0.309 e. The van der Waals surface area contributed by atoms with Crippen molar-refractivity contribution in [1.29, 1.82) is 0 Å². The molecule has 0 aromatic rings. The van der Waals surface area contributed by atoms with Crippen molar-refractivity contribution in [2.75, 3.05) is 13.7 Å². The van der Waals surface area contributed by atoms with E-state index in [0.717, 1.165) is 0 Å². The highest BCUT2D eigenvalue weighted by molar-refractivity contribution is 5.76. The standard InChI is InChI=1S/C17H30O8.C12H18O6/c1-11(18)6-7-23-15(19)9-13(3)24-17(21)10-14(4)25-16(20)8-12(2)22-5;1-7-4-10(13)17-9(3)6-12(15)18-8(2)5-11(14)16-7/h11-14,18H,6-10H2,1-5H3;7-9H,4-6H2,1-3H3/t11-,12-,13-,14-;7-,8-,9-/m11/s1. The van der Waals surface area contributed by atoms with E-state index in [1.807, 2.05) is 0 Å². The molecule has 0 saturated carbocycles. The second-order valence-electron chi connectivity index (χ2n) is 10.6. The summed E-state index contributed by atoms with van der Waals surface area (Å²) < 4.78 is 35.1. The average Bonchev–Trinajstić information content (AvgIpc) is 2.81. The number of methoxy groups -OCH3 is 1. The third kappa shape index (κ3) is 22.0. The van der Waals surface area contributed by atoms with Gasteiger partial charge in [-0.25, -0.2) is 0 Å². The lowest BCUT2D eigenvalue weighted by molar-refractivity contribution is -0.166. The van der Waals surface area contributed by atoms with Crippen LogP contribution >= 0.6 is 0 Å². The number of hydrogen-bond donors (Lipinski definition) is 1. The summed E-state index contributed by atoms with van der Waals surface area (Å²) >= 11 is 0. The molecule has 1 heterocycles. The Kier molecular flexibility index (Phi) is 19.8. The number of carbonyl (C=O) groups excluding carboxylic acids is 6. The Bertz CT molecular complexity index is 825. The van der Waals surface area contributed by atoms with Gasteiger partial charge in [0.05, 0.1) is 57.3 Å². The predicted octanol–water partition coefficient (Wildman–Crippen LogP) is 2.33. The van der Waals surface area contributed by atoms with Crippen LogP contribution in [-0.4, -0.2) is 97.4 Å². The van der Waals surface area contributed by atoms with Gasteiger partial charge in [-0.2, -0.15) is 0 Å². The third-order valence-electron chi connectivity index (χ3n) is 5.59. The molecule has 14 nitrogen and oxygen atoms in total. The molecule has 0 unspecified atom stereocenters. The minimum absolute atomic E-state index is 0.0144. The van der Waals surface area contributed by atoms with E-state index in [4.69, 9.17) is 38.3 Å². The van der Waals surface area contributed by atoms with Gasteiger partial charge in [0.15, 0.2) is 0 Å². The highest BCUT2D eigenvalue weighted by Crippen LogP contribution is 2.11. The van der Waals surface area contributed by atoms with E-state index in [0.29, 0.717) is 6.42 Å². The van der Waals surface area contributed by atoms with Crippen molar-refractivity contribution in [1.82, 2.24) is 0 Å². The van der Waals surface area contributed by atoms with Crippen LogP contribution in [-0.2, 0) is 61.9 Å². The molecule has 1 aliphatic rings. The van der Waals surface area contributed by atoms with Gasteiger partial charge in [-0.1, -0.05) is 0 Å². The van der Waals surface area contributed by atoms with Crippen LogP contribution in [0.3, 0.4) is 0 Å². The minimum atomic E-state index is -0.650. The highest BCUT2D eigenvalue weighted by Gasteiger charge is 2.24. The third-order valence-corrected chi connectivity index (χ3v) is 5.59. The van der Waals surface area contributed by atoms with Gasteiger partial charge in [-0.15, -0.1) is 0 Å². The van der Waals surface area contributed by atoms with Crippen LogP contribution in [0.25, 0.3) is 0 Å². The normalized spacial score (nSPS) is 22.3. The molecule has 0 aromatic carbocycles. The van der Waals surface area contributed by atoms with Crippen molar-refractivity contribution in [3.8, 4) is 0 Å². The fraction of sp³-hybridized carbons (Fsp3) is 0.793. The quantitative estimate of drug-likeness (QED) is 0.247. The molecule has 1 rings (SSSR count). The van der Waals surface area contributed by atoms with Crippen LogP contribution in [0.2, 0.25) is 0 Å². The summed E-state index contributed by atoms with van der Waals surface area (Å²) in [7, 11) is 1.50. The Morgan fingerprint density at radius 2 is 1.05 bits per heavy atom. The monoisotopic (exact) mass is 620 g/mol. The van der Waals surface area contributed by atoms with Gasteiger partial charge in [0, 0.05) is 13.5 Å². The molecule has 0 amide bonds. The average molecular weight is 621 g/mol. The smallest absolute Gasteiger partial charge is 0.309 e. The van der Waals surface area contributed by atoms with E-state index >= 15 is 0 Å². The number of carbonyl (C=O) groups is 6. The molecule has 1 N–H and O–H groups in total. The summed E-state index contributed by atoms with van der Waals surface area (Å²) in [4.78, 5) is 69.2. The van der Waals surface area contributed by atoms with Crippen LogP contribution in [0.15, 0.2) is 0 Å². The van der Waals surface area contributed by atoms with Crippen LogP contribution in [0, 0.1) is 0 Å². The van der Waals surface area contributed by atoms with Gasteiger partial charge in [-0.05, 0) is 48.5 Å². The number of cyclic esters (lactones) is 3. The molecular formula is C29H48O14. The van der Waals surface area contributed by atoms with Gasteiger partial charge < -0.3 is 38.3 Å². The van der Waals surface area contributed by atoms with Crippen LogP contribution in [0.1, 0.15) is 93.4 Å². The second-order valence-corrected chi connectivity index (χ2v) is 10.6. The van der Waals surface area contributed by atoms with E-state index in [1.54, 1.807) is 48.5 Å². The number of esters is 6. The first-order valence-electron chi connectivity index (χ1n) is 14.3. The summed E-state index contributed by atoms with van der Waals surface area (Å²) in [6, 6.07) is 0. The summed E-state index contributed by atoms with van der Waals surface area (Å²) in [5.41, 5.74) is 0. The Morgan fingerprint density at radius 1 is 0.698 bits per heavy atom. The molecule has 1 aliphatic heterocycles. The summed E-state index contributed by atoms with van der Waals surface area (Å²) in [5.74, 6) is -3.01. The molecule has 0 aliphatic carbocycles. The fourth-order valence-electron chi connectivity index (χ4n) is 3.46. The summed E-state index contributed by atoms with van der Waals surface area (Å²) in [5, 5.41) is 9.07. The summed E-state index contributed by atoms with van der Waals surface area (Å²) in [6.45, 7) is 11.5. The van der Waals surface area contributed by atoms with Gasteiger partial charge in [0.2, 0.25) is 0 Å². The van der Waals surface area contributed by atoms with Gasteiger partial charge >= 0.3 is 35.8 Å². The van der Waals surface area contributed by atoms with E-state index in [-0.39, 0.29) is 51.2 Å². The van der Waals surface area contributed by atoms with E-state index < -0.39 is 72.4 Å². The number of aliphatic hydroxyl groups is 1. The first-order chi connectivity index (χ1) is 20.0. The SMILES string of the molecule is CO[C@H](C)CC(=O)O[C@H](C)CC(=O)O[C@H](C)CC(=O)OCC[C@@H](C)O.C[C@@H]1CC(=O)O[C@H](C)CC(=O)O[C@H](C)CC(=O)O1. The lowest BCUT2D eigenvalue weighted by Crippen LogP contribution is -2.29. The van der Waals surface area contributed by atoms with E-state index in [2.05, 4.69) is 0 Å². The maximum atomic E-state index is 11.8. The fourth-order valence-corrected chi connectivity index (χ4v) is 3.46. The van der Waals surface area contributed by atoms with Crippen molar-refractivity contribution >= 4 is 35.8 Å². The number of ether oxygens (including phenoxy) is 7. The molecule has 248 valence electrons. The zero-order valence-electron chi connectivity index (χ0n) is 26.5. The van der Waals surface area contributed by atoms with Crippen molar-refractivity contribution in [3.05, 3.63) is 0 Å². The van der Waals surface area contributed by atoms with E-state index in [9.17, 15) is 28.8 Å². The number of aliphatic hydroxyl groups excluding tert-OH is 1. The van der Waals surface area contributed by atoms with Gasteiger partial charge in [-0.3, -0.25) is 28.8 Å². The molecule has 0 radical (unpaired) electrons. The Labute approximate surface area is 253 Å². The minimum Gasteiger partial charge on any atom is -0.465 e. The number of hydrogen-bond acceptors (Lipinski definition) is 14. The molecule has 0 spiro atoms. The van der Waals surface area contributed by atoms with Crippen molar-refractivity contribution in [2.24, 2.45) is 0 Å². The lowest BCUT2D eigenvalue weighted by Gasteiger charge is -2.20. The molecule has 14 heteroatoms. The van der Waals surface area contributed by atoms with Crippen molar-refractivity contribution in [2.45, 2.75) is 136 Å². The van der Waals surface area contributed by atoms with Crippen molar-refractivity contribution < 1.29 is 67.0 Å². The van der Waals surface area contributed by atoms with Gasteiger partial charge in [0.25, 0.3) is 0 Å². The number of rotatable bonds is 12. The van der Waals surface area contributed by atoms with Gasteiger partial charge in [0.1, 0.15) is 30.5 Å². The first kappa shape index (κ1) is 39.7. The lowest BCUT2D eigenvalue weighted by atomic mass is 10.2. The Morgan fingerprint density at radius 3 is 1.40 bits per heavy atom. The Hall–Kier alpha value is -3.26. The Balaban J connectivity index is 0.000000862. The topological polar surface area (TPSA) is 187 Å². The molecule has 43 heavy (non-hydrogen) atoms. The van der Waals surface area contributed by atoms with E-state index in [1.165, 1.54) is 7.11 Å². The largest absolute Gasteiger partial charge is 0.465 e. The summed E-state index contributed by atoms with van der Waals surface area (Å²) in [6.07, 6.45) is -3.48. The van der Waals surface area contributed by atoms with Crippen molar-refractivity contribution in [3.63, 3.8) is 0 Å². The maximum absolute atomic E-state index is 11.8. The molecule has 7 atom stereocenters. The molecule has 0 aromatic heterocycles. The molecule has 1 saturated heterocycles. The highest BCUT2D eigenvalue weighted by atomic mass is 16.6. The zero-order valence-corrected chi connectivity index (χ0v) is 26.5. The van der Waals surface area contributed by atoms with Crippen LogP contribution < -0.4 is 0 Å². The van der Waals surface area contributed by atoms with Crippen LogP contribution in [0.4, 0.5) is 0 Å². The predicted molar refractivity (Wildman–Crippen MR) is 149 cm³/mol. The molecule has 0 bridgehead atoms. The molecule has 1 fully saturated rings. The second kappa shape index (κ2) is 21.4. The first-order valence-corrected chi connectivity index (χ1v) is 14.3.